The molecule has 0 saturated heterocycles. The van der Waals surface area contributed by atoms with Crippen molar-refractivity contribution in [1.29, 1.82) is 0 Å². The van der Waals surface area contributed by atoms with E-state index in [1.807, 2.05) is 4.90 Å². The largest absolute Gasteiger partial charge is 0.445 e. The summed E-state index contributed by atoms with van der Waals surface area (Å²) in [5.74, 6) is 2.31. The van der Waals surface area contributed by atoms with Crippen LogP contribution in [0.2, 0.25) is 0 Å². The molecular weight excluding hydrogens is 334 g/mol. The van der Waals surface area contributed by atoms with Gasteiger partial charge in [-0.25, -0.2) is 14.5 Å². The molecule has 0 aliphatic carbocycles. The summed E-state index contributed by atoms with van der Waals surface area (Å²) < 4.78 is 8.88. The summed E-state index contributed by atoms with van der Waals surface area (Å²) >= 11 is 0. The van der Waals surface area contributed by atoms with Crippen LogP contribution in [0, 0.1) is 5.92 Å². The Balaban J connectivity index is 1.51. The van der Waals surface area contributed by atoms with E-state index in [-0.39, 0.29) is 22.9 Å². The van der Waals surface area contributed by atoms with Gasteiger partial charge in [0.15, 0.2) is 5.89 Å². The topological polar surface area (TPSA) is 86.2 Å². The number of fused-ring (bicyclic) bond motifs is 2. The van der Waals surface area contributed by atoms with E-state index < -0.39 is 0 Å². The van der Waals surface area contributed by atoms with E-state index in [9.17, 15) is 9.59 Å². The lowest BCUT2D eigenvalue weighted by Gasteiger charge is -2.31. The lowest BCUT2D eigenvalue weighted by Crippen LogP contribution is -2.43. The number of oxazole rings is 1. The van der Waals surface area contributed by atoms with Crippen LogP contribution in [0.25, 0.3) is 0 Å². The molecule has 2 aliphatic rings. The van der Waals surface area contributed by atoms with Crippen molar-refractivity contribution in [2.75, 3.05) is 6.54 Å². The highest BCUT2D eigenvalue weighted by Gasteiger charge is 2.34. The van der Waals surface area contributed by atoms with Gasteiger partial charge in [-0.05, 0) is 6.42 Å². The van der Waals surface area contributed by atoms with Gasteiger partial charge in [-0.3, -0.25) is 9.36 Å². The van der Waals surface area contributed by atoms with Gasteiger partial charge in [-0.2, -0.15) is 5.10 Å². The highest BCUT2D eigenvalue weighted by molar-refractivity contribution is 5.79. The molecule has 0 aromatic carbocycles. The van der Waals surface area contributed by atoms with Crippen LogP contribution in [0.15, 0.2) is 9.21 Å². The molecule has 0 fully saturated rings. The average Bonchev–Trinajstić information content (AvgIpc) is 3.15. The molecule has 8 nitrogen and oxygen atoms in total. The first-order valence-electron chi connectivity index (χ1n) is 9.14. The Labute approximate surface area is 151 Å². The monoisotopic (exact) mass is 359 g/mol. The van der Waals surface area contributed by atoms with Gasteiger partial charge < -0.3 is 9.32 Å². The second-order valence-electron chi connectivity index (χ2n) is 8.32. The van der Waals surface area contributed by atoms with Gasteiger partial charge in [-0.15, -0.1) is 0 Å². The van der Waals surface area contributed by atoms with Crippen LogP contribution in [0.1, 0.15) is 50.4 Å². The van der Waals surface area contributed by atoms with Crippen LogP contribution in [-0.2, 0) is 43.2 Å². The molecule has 8 heteroatoms. The molecule has 140 valence electrons. The Hall–Kier alpha value is -2.38. The summed E-state index contributed by atoms with van der Waals surface area (Å²) in [6, 6.07) is 0. The van der Waals surface area contributed by atoms with E-state index in [0.29, 0.717) is 32.5 Å². The Morgan fingerprint density at radius 2 is 2.04 bits per heavy atom. The number of nitrogens with zero attached hydrogens (tertiary/aromatic N) is 5. The van der Waals surface area contributed by atoms with E-state index >= 15 is 0 Å². The van der Waals surface area contributed by atoms with Crippen molar-refractivity contribution in [1.82, 2.24) is 24.2 Å². The third kappa shape index (κ3) is 2.77. The quantitative estimate of drug-likeness (QED) is 0.759. The molecule has 0 bridgehead atoms. The first-order valence-corrected chi connectivity index (χ1v) is 9.14. The van der Waals surface area contributed by atoms with E-state index in [4.69, 9.17) is 4.42 Å². The van der Waals surface area contributed by atoms with Gasteiger partial charge in [-0.1, -0.05) is 20.8 Å². The van der Waals surface area contributed by atoms with Crippen LogP contribution in [0.3, 0.4) is 0 Å². The highest BCUT2D eigenvalue weighted by atomic mass is 16.4. The smallest absolute Gasteiger partial charge is 0.345 e. The lowest BCUT2D eigenvalue weighted by molar-refractivity contribution is -0.137. The fourth-order valence-corrected chi connectivity index (χ4v) is 3.71. The fourth-order valence-electron chi connectivity index (χ4n) is 3.71. The van der Waals surface area contributed by atoms with Gasteiger partial charge in [0.2, 0.25) is 5.91 Å². The summed E-state index contributed by atoms with van der Waals surface area (Å²) in [4.78, 5) is 31.6. The fraction of sp³-hybridized carbons (Fsp3) is 0.667. The zero-order valence-corrected chi connectivity index (χ0v) is 15.8. The van der Waals surface area contributed by atoms with Crippen LogP contribution >= 0.6 is 0 Å². The number of amides is 1. The van der Waals surface area contributed by atoms with Crippen molar-refractivity contribution in [2.45, 2.75) is 58.5 Å². The molecule has 0 radical (unpaired) electrons. The zero-order valence-electron chi connectivity index (χ0n) is 15.8. The van der Waals surface area contributed by atoms with Gasteiger partial charge in [0.25, 0.3) is 0 Å². The molecule has 4 heterocycles. The Morgan fingerprint density at radius 1 is 1.27 bits per heavy atom. The van der Waals surface area contributed by atoms with Crippen LogP contribution in [0.5, 0.6) is 0 Å². The van der Waals surface area contributed by atoms with Crippen molar-refractivity contribution < 1.29 is 9.21 Å². The van der Waals surface area contributed by atoms with Crippen molar-refractivity contribution in [3.63, 3.8) is 0 Å². The minimum absolute atomic E-state index is 0.0948. The predicted molar refractivity (Wildman–Crippen MR) is 93.6 cm³/mol. The van der Waals surface area contributed by atoms with Crippen LogP contribution in [-0.4, -0.2) is 36.7 Å². The van der Waals surface area contributed by atoms with Crippen molar-refractivity contribution >= 4 is 5.91 Å². The van der Waals surface area contributed by atoms with Crippen molar-refractivity contribution in [3.8, 4) is 0 Å². The molecule has 0 spiro atoms. The second-order valence-corrected chi connectivity index (χ2v) is 8.32. The normalized spacial score (nSPS) is 20.0. The van der Waals surface area contributed by atoms with Crippen LogP contribution in [0.4, 0.5) is 0 Å². The van der Waals surface area contributed by atoms with E-state index in [2.05, 4.69) is 30.9 Å². The number of hydrogen-bond donors (Lipinski definition) is 0. The van der Waals surface area contributed by atoms with Crippen molar-refractivity contribution in [3.05, 3.63) is 33.7 Å². The summed E-state index contributed by atoms with van der Waals surface area (Å²) in [6.07, 6.45) is 2.07. The minimum atomic E-state index is -0.181. The molecule has 2 aliphatic heterocycles. The third-order valence-electron chi connectivity index (χ3n) is 5.23. The molecule has 2 aromatic heterocycles. The van der Waals surface area contributed by atoms with Gasteiger partial charge in [0.1, 0.15) is 17.3 Å². The molecule has 4 rings (SSSR count). The maximum Gasteiger partial charge on any atom is 0.345 e. The summed E-state index contributed by atoms with van der Waals surface area (Å²) in [6.45, 7) is 7.74. The molecular formula is C18H25N5O3. The Morgan fingerprint density at radius 3 is 2.77 bits per heavy atom. The van der Waals surface area contributed by atoms with E-state index in [1.165, 1.54) is 4.68 Å². The van der Waals surface area contributed by atoms with E-state index in [0.717, 1.165) is 29.6 Å². The molecule has 26 heavy (non-hydrogen) atoms. The first-order chi connectivity index (χ1) is 12.2. The number of carbonyl (C=O) groups excluding carboxylic acids is 1. The second kappa shape index (κ2) is 5.82. The summed E-state index contributed by atoms with van der Waals surface area (Å²) in [7, 11) is 1.65. The average molecular weight is 359 g/mol. The molecule has 2 aromatic rings. The molecule has 1 unspecified atom stereocenters. The third-order valence-corrected chi connectivity index (χ3v) is 5.23. The van der Waals surface area contributed by atoms with Gasteiger partial charge >= 0.3 is 5.69 Å². The molecule has 0 saturated carbocycles. The summed E-state index contributed by atoms with van der Waals surface area (Å²) in [5, 5.41) is 4.23. The number of hydrogen-bond acceptors (Lipinski definition) is 5. The number of rotatable bonds is 1. The minimum Gasteiger partial charge on any atom is -0.445 e. The molecule has 1 atom stereocenters. The summed E-state index contributed by atoms with van der Waals surface area (Å²) in [5.41, 5.74) is 0.572. The SMILES string of the molecule is Cn1nc2n(c1=O)CC(C(=O)N1CCc3oc(C(C)(C)C)nc3C1)CC2. The predicted octanol–water partition coefficient (Wildman–Crippen LogP) is 1.01. The maximum atomic E-state index is 13.0. The lowest BCUT2D eigenvalue weighted by atomic mass is 9.96. The molecule has 0 N–H and O–H groups in total. The number of aryl methyl sites for hydroxylation is 2. The van der Waals surface area contributed by atoms with Crippen LogP contribution < -0.4 is 5.69 Å². The first kappa shape index (κ1) is 17.1. The highest BCUT2D eigenvalue weighted by Crippen LogP contribution is 2.29. The number of carbonyl (C=O) groups is 1. The maximum absolute atomic E-state index is 13.0. The molecule has 1 amide bonds. The standard InChI is InChI=1S/C18H25N5O3/c1-18(2,3)16-19-12-10-22(8-7-13(12)26-16)15(24)11-5-6-14-20-21(4)17(25)23(14)9-11/h11H,5-10H2,1-4H3. The van der Waals surface area contributed by atoms with Gasteiger partial charge in [0.05, 0.1) is 12.5 Å². The zero-order chi connectivity index (χ0) is 18.6. The van der Waals surface area contributed by atoms with Gasteiger partial charge in [0, 0.05) is 38.4 Å². The Bertz CT molecular complexity index is 914. The Kier molecular flexibility index (Phi) is 3.82. The van der Waals surface area contributed by atoms with E-state index in [1.54, 1.807) is 11.6 Å². The van der Waals surface area contributed by atoms with Crippen molar-refractivity contribution in [2.24, 2.45) is 13.0 Å². The number of aromatic nitrogens is 4.